The number of aryl methyl sites for hydroxylation is 2. The molecule has 0 atom stereocenters. The minimum atomic E-state index is -0.910. The maximum absolute atomic E-state index is 11.3. The topological polar surface area (TPSA) is 55.1 Å². The maximum atomic E-state index is 11.3. The summed E-state index contributed by atoms with van der Waals surface area (Å²) in [4.78, 5) is 15.9. The number of carbonyl (C=O) groups is 1. The minimum Gasteiger partial charge on any atom is -0.478 e. The fourth-order valence-electron chi connectivity index (χ4n) is 2.42. The molecule has 108 valence electrons. The average molecular weight is 274 g/mol. The molecule has 0 aliphatic rings. The molecule has 2 rings (SSSR count). The van der Waals surface area contributed by atoms with Crippen LogP contribution >= 0.6 is 0 Å². The summed E-state index contributed by atoms with van der Waals surface area (Å²) in [7, 11) is 0. The molecule has 1 aromatic carbocycles. The van der Waals surface area contributed by atoms with Gasteiger partial charge < -0.3 is 9.67 Å². The van der Waals surface area contributed by atoms with Gasteiger partial charge in [0.2, 0.25) is 0 Å². The number of fused-ring (bicyclic) bond motifs is 1. The number of nitrogens with zero attached hydrogens (tertiary/aromatic N) is 2. The van der Waals surface area contributed by atoms with Gasteiger partial charge >= 0.3 is 5.97 Å². The number of benzene rings is 1. The molecule has 0 bridgehead atoms. The highest BCUT2D eigenvalue weighted by Gasteiger charge is 2.16. The highest BCUT2D eigenvalue weighted by molar-refractivity contribution is 6.01. The average Bonchev–Trinajstić information content (AvgIpc) is 2.73. The van der Waals surface area contributed by atoms with Gasteiger partial charge in [0.15, 0.2) is 0 Å². The second-order valence-corrected chi connectivity index (χ2v) is 5.59. The molecule has 0 fully saturated rings. The lowest BCUT2D eigenvalue weighted by atomic mass is 10.1. The van der Waals surface area contributed by atoms with Gasteiger partial charge in [0, 0.05) is 13.0 Å². The predicted molar refractivity (Wildman–Crippen MR) is 80.1 cm³/mol. The molecule has 0 saturated carbocycles. The number of hydrogen-bond donors (Lipinski definition) is 1. The van der Waals surface area contributed by atoms with E-state index in [2.05, 4.69) is 30.3 Å². The number of rotatable bonds is 6. The normalized spacial score (nSPS) is 11.4. The Morgan fingerprint density at radius 1 is 1.40 bits per heavy atom. The van der Waals surface area contributed by atoms with E-state index in [0.29, 0.717) is 17.0 Å². The summed E-state index contributed by atoms with van der Waals surface area (Å²) < 4.78 is 2.19. The first-order chi connectivity index (χ1) is 9.54. The molecule has 4 heteroatoms. The first-order valence-corrected chi connectivity index (χ1v) is 7.26. The third kappa shape index (κ3) is 2.84. The van der Waals surface area contributed by atoms with Gasteiger partial charge in [0.05, 0.1) is 11.1 Å². The van der Waals surface area contributed by atoms with Crippen molar-refractivity contribution in [1.29, 1.82) is 0 Å². The zero-order valence-electron chi connectivity index (χ0n) is 12.4. The Morgan fingerprint density at radius 2 is 2.15 bits per heavy atom. The first kappa shape index (κ1) is 14.6. The van der Waals surface area contributed by atoms with E-state index in [9.17, 15) is 9.90 Å². The van der Waals surface area contributed by atoms with E-state index in [1.807, 2.05) is 6.07 Å². The fraction of sp³-hybridized carbons (Fsp3) is 0.500. The molecule has 0 aliphatic carbocycles. The summed E-state index contributed by atoms with van der Waals surface area (Å²) in [5.41, 5.74) is 1.85. The van der Waals surface area contributed by atoms with Crippen molar-refractivity contribution in [2.24, 2.45) is 5.92 Å². The summed E-state index contributed by atoms with van der Waals surface area (Å²) in [6.07, 6.45) is 2.96. The molecule has 1 N–H and O–H groups in total. The Morgan fingerprint density at radius 3 is 2.75 bits per heavy atom. The number of para-hydroxylation sites is 1. The van der Waals surface area contributed by atoms with Gasteiger partial charge in [0.1, 0.15) is 11.3 Å². The summed E-state index contributed by atoms with van der Waals surface area (Å²) in [6.45, 7) is 7.40. The smallest absolute Gasteiger partial charge is 0.337 e. The van der Waals surface area contributed by atoms with Crippen molar-refractivity contribution >= 4 is 17.0 Å². The van der Waals surface area contributed by atoms with Crippen molar-refractivity contribution in [3.8, 4) is 0 Å². The van der Waals surface area contributed by atoms with E-state index < -0.39 is 5.97 Å². The highest BCUT2D eigenvalue weighted by Crippen LogP contribution is 2.22. The van der Waals surface area contributed by atoms with E-state index in [1.165, 1.54) is 0 Å². The lowest BCUT2D eigenvalue weighted by molar-refractivity contribution is 0.0699. The van der Waals surface area contributed by atoms with Gasteiger partial charge in [-0.05, 0) is 30.9 Å². The van der Waals surface area contributed by atoms with Gasteiger partial charge in [-0.3, -0.25) is 0 Å². The number of carboxylic acid groups (broad SMARTS) is 1. The largest absolute Gasteiger partial charge is 0.478 e. The second kappa shape index (κ2) is 6.07. The van der Waals surface area contributed by atoms with E-state index >= 15 is 0 Å². The van der Waals surface area contributed by atoms with Crippen LogP contribution in [0.2, 0.25) is 0 Å². The van der Waals surface area contributed by atoms with Crippen molar-refractivity contribution in [1.82, 2.24) is 9.55 Å². The lowest BCUT2D eigenvalue weighted by Gasteiger charge is -2.10. The molecule has 0 radical (unpaired) electrons. The molecule has 4 nitrogen and oxygen atoms in total. The van der Waals surface area contributed by atoms with Crippen molar-refractivity contribution in [2.45, 2.75) is 46.6 Å². The van der Waals surface area contributed by atoms with Crippen LogP contribution in [0.5, 0.6) is 0 Å². The van der Waals surface area contributed by atoms with Gasteiger partial charge in [-0.1, -0.05) is 26.8 Å². The Balaban J connectivity index is 2.54. The molecule has 1 heterocycles. The van der Waals surface area contributed by atoms with Gasteiger partial charge in [-0.15, -0.1) is 0 Å². The number of hydrogen-bond acceptors (Lipinski definition) is 2. The molecule has 0 spiro atoms. The molecular formula is C16H22N2O2. The van der Waals surface area contributed by atoms with Crippen LogP contribution in [0, 0.1) is 5.92 Å². The lowest BCUT2D eigenvalue weighted by Crippen LogP contribution is -2.06. The molecule has 0 amide bonds. The van der Waals surface area contributed by atoms with Crippen LogP contribution in [-0.4, -0.2) is 20.6 Å². The van der Waals surface area contributed by atoms with Crippen LogP contribution in [-0.2, 0) is 13.0 Å². The third-order valence-corrected chi connectivity index (χ3v) is 3.49. The van der Waals surface area contributed by atoms with Crippen LogP contribution in [0.25, 0.3) is 11.0 Å². The summed E-state index contributed by atoms with van der Waals surface area (Å²) in [5.74, 6) is 0.702. The van der Waals surface area contributed by atoms with Crippen LogP contribution in [0.4, 0.5) is 0 Å². The third-order valence-electron chi connectivity index (χ3n) is 3.49. The van der Waals surface area contributed by atoms with Crippen LogP contribution < -0.4 is 0 Å². The Bertz CT molecular complexity index is 614. The quantitative estimate of drug-likeness (QED) is 0.873. The molecule has 0 saturated heterocycles. The predicted octanol–water partition coefficient (Wildman–Crippen LogP) is 3.73. The Labute approximate surface area is 119 Å². The first-order valence-electron chi connectivity index (χ1n) is 7.26. The molecule has 0 aliphatic heterocycles. The SMILES string of the molecule is CCCc1nc2c(C(=O)O)cccc2n1CCC(C)C. The zero-order chi connectivity index (χ0) is 14.7. The summed E-state index contributed by atoms with van der Waals surface area (Å²) in [6, 6.07) is 5.39. The number of aromatic nitrogens is 2. The van der Waals surface area contributed by atoms with Gasteiger partial charge in [0.25, 0.3) is 0 Å². The number of aromatic carboxylic acids is 1. The van der Waals surface area contributed by atoms with Gasteiger partial charge in [-0.2, -0.15) is 0 Å². The Hall–Kier alpha value is -1.84. The summed E-state index contributed by atoms with van der Waals surface area (Å²) >= 11 is 0. The maximum Gasteiger partial charge on any atom is 0.337 e. The van der Waals surface area contributed by atoms with Crippen molar-refractivity contribution in [3.63, 3.8) is 0 Å². The molecule has 1 aromatic heterocycles. The van der Waals surface area contributed by atoms with E-state index in [4.69, 9.17) is 0 Å². The standard InChI is InChI=1S/C16H22N2O2/c1-4-6-14-17-15-12(16(19)20)7-5-8-13(15)18(14)10-9-11(2)3/h5,7-8,11H,4,6,9-10H2,1-3H3,(H,19,20). The number of carboxylic acids is 1. The van der Waals surface area contributed by atoms with Crippen LogP contribution in [0.3, 0.4) is 0 Å². The molecule has 0 unspecified atom stereocenters. The molecular weight excluding hydrogens is 252 g/mol. The second-order valence-electron chi connectivity index (χ2n) is 5.59. The van der Waals surface area contributed by atoms with E-state index in [1.54, 1.807) is 12.1 Å². The van der Waals surface area contributed by atoms with E-state index in [-0.39, 0.29) is 0 Å². The van der Waals surface area contributed by atoms with Gasteiger partial charge in [-0.25, -0.2) is 9.78 Å². The highest BCUT2D eigenvalue weighted by atomic mass is 16.4. The van der Waals surface area contributed by atoms with Crippen molar-refractivity contribution in [2.75, 3.05) is 0 Å². The molecule has 20 heavy (non-hydrogen) atoms. The zero-order valence-corrected chi connectivity index (χ0v) is 12.4. The van der Waals surface area contributed by atoms with Crippen molar-refractivity contribution in [3.05, 3.63) is 29.6 Å². The molecule has 2 aromatic rings. The number of imidazole rings is 1. The fourth-order valence-corrected chi connectivity index (χ4v) is 2.42. The van der Waals surface area contributed by atoms with Crippen LogP contribution in [0.15, 0.2) is 18.2 Å². The van der Waals surface area contributed by atoms with Crippen molar-refractivity contribution < 1.29 is 9.90 Å². The monoisotopic (exact) mass is 274 g/mol. The van der Waals surface area contributed by atoms with Crippen LogP contribution in [0.1, 0.15) is 49.8 Å². The summed E-state index contributed by atoms with van der Waals surface area (Å²) in [5, 5.41) is 9.28. The minimum absolute atomic E-state index is 0.295. The van der Waals surface area contributed by atoms with E-state index in [0.717, 1.165) is 37.1 Å². The Kier molecular flexibility index (Phi) is 4.42.